The highest BCUT2D eigenvalue weighted by Crippen LogP contribution is 2.39. The Bertz CT molecular complexity index is 460. The molecule has 1 aromatic rings. The average molecular weight is 287 g/mol. The summed E-state index contributed by atoms with van der Waals surface area (Å²) in [7, 11) is 0. The van der Waals surface area contributed by atoms with Gasteiger partial charge < -0.3 is 10.2 Å². The molecule has 0 spiro atoms. The predicted molar refractivity (Wildman–Crippen MR) is 89.9 cm³/mol. The lowest BCUT2D eigenvalue weighted by Crippen LogP contribution is -2.36. The Morgan fingerprint density at radius 3 is 2.62 bits per heavy atom. The van der Waals surface area contributed by atoms with Crippen molar-refractivity contribution in [1.29, 1.82) is 0 Å². The zero-order valence-electron chi connectivity index (χ0n) is 13.7. The van der Waals surface area contributed by atoms with E-state index in [1.165, 1.54) is 37.8 Å². The topological polar surface area (TPSA) is 28.2 Å². The average Bonchev–Trinajstić information content (AvgIpc) is 2.96. The van der Waals surface area contributed by atoms with Gasteiger partial charge >= 0.3 is 0 Å². The fourth-order valence-corrected chi connectivity index (χ4v) is 3.98. The number of aromatic nitrogens is 1. The Kier molecular flexibility index (Phi) is 4.10. The first-order chi connectivity index (χ1) is 10.0. The van der Waals surface area contributed by atoms with Crippen LogP contribution in [0.1, 0.15) is 52.9 Å². The summed E-state index contributed by atoms with van der Waals surface area (Å²) in [5.41, 5.74) is 1.68. The van der Waals surface area contributed by atoms with Crippen molar-refractivity contribution in [3.8, 4) is 0 Å². The molecule has 1 aromatic heterocycles. The third kappa shape index (κ3) is 3.50. The maximum atomic E-state index is 4.64. The number of hydrogen-bond acceptors (Lipinski definition) is 3. The third-order valence-corrected chi connectivity index (χ3v) is 5.22. The smallest absolute Gasteiger partial charge is 0.128 e. The minimum absolute atomic E-state index is 0.509. The van der Waals surface area contributed by atoms with Crippen LogP contribution in [0, 0.1) is 11.3 Å². The zero-order chi connectivity index (χ0) is 14.9. The quantitative estimate of drug-likeness (QED) is 0.898. The number of pyridine rings is 1. The summed E-state index contributed by atoms with van der Waals surface area (Å²) < 4.78 is 0. The molecule has 0 amide bonds. The van der Waals surface area contributed by atoms with Crippen LogP contribution in [-0.4, -0.2) is 24.1 Å². The minimum Gasteiger partial charge on any atom is -0.381 e. The molecule has 1 aliphatic carbocycles. The first-order valence-corrected chi connectivity index (χ1v) is 8.51. The van der Waals surface area contributed by atoms with E-state index in [-0.39, 0.29) is 0 Å². The molecule has 1 N–H and O–H groups in total. The second kappa shape index (κ2) is 5.86. The maximum Gasteiger partial charge on any atom is 0.128 e. The van der Waals surface area contributed by atoms with E-state index < -0.39 is 0 Å². The van der Waals surface area contributed by atoms with Crippen LogP contribution in [0.3, 0.4) is 0 Å². The predicted octanol–water partition coefficient (Wildman–Crippen LogP) is 4.31. The second-order valence-corrected chi connectivity index (χ2v) is 7.73. The van der Waals surface area contributed by atoms with Crippen molar-refractivity contribution in [2.45, 2.75) is 58.9 Å². The van der Waals surface area contributed by atoms with Crippen molar-refractivity contribution in [1.82, 2.24) is 4.98 Å². The highest BCUT2D eigenvalue weighted by Gasteiger charge is 2.32. The van der Waals surface area contributed by atoms with E-state index in [1.54, 1.807) is 0 Å². The van der Waals surface area contributed by atoms with Crippen LogP contribution < -0.4 is 10.2 Å². The zero-order valence-corrected chi connectivity index (χ0v) is 13.7. The summed E-state index contributed by atoms with van der Waals surface area (Å²) >= 11 is 0. The molecule has 0 radical (unpaired) electrons. The van der Waals surface area contributed by atoms with E-state index in [4.69, 9.17) is 0 Å². The number of hydrogen-bond donors (Lipinski definition) is 1. The summed E-state index contributed by atoms with van der Waals surface area (Å²) in [5.74, 6) is 1.86. The summed E-state index contributed by atoms with van der Waals surface area (Å²) in [6.45, 7) is 9.49. The van der Waals surface area contributed by atoms with E-state index in [1.807, 2.05) is 6.20 Å². The summed E-state index contributed by atoms with van der Waals surface area (Å²) in [6, 6.07) is 4.97. The Morgan fingerprint density at radius 1 is 1.24 bits per heavy atom. The van der Waals surface area contributed by atoms with Crippen LogP contribution in [0.5, 0.6) is 0 Å². The molecule has 0 aromatic carbocycles. The van der Waals surface area contributed by atoms with Crippen LogP contribution in [0.15, 0.2) is 18.3 Å². The van der Waals surface area contributed by atoms with E-state index in [2.05, 4.69) is 48.1 Å². The molecule has 3 nitrogen and oxygen atoms in total. The van der Waals surface area contributed by atoms with Crippen molar-refractivity contribution >= 4 is 11.5 Å². The Balaban J connectivity index is 1.60. The van der Waals surface area contributed by atoms with Gasteiger partial charge in [0.1, 0.15) is 5.82 Å². The van der Waals surface area contributed by atoms with Gasteiger partial charge in [-0.25, -0.2) is 4.98 Å². The van der Waals surface area contributed by atoms with Gasteiger partial charge in [0.2, 0.25) is 0 Å². The molecule has 1 saturated heterocycles. The molecule has 2 fully saturated rings. The Morgan fingerprint density at radius 2 is 2.00 bits per heavy atom. The molecule has 1 aliphatic heterocycles. The molecule has 2 aliphatic rings. The van der Waals surface area contributed by atoms with Crippen LogP contribution in [0.4, 0.5) is 11.5 Å². The highest BCUT2D eigenvalue weighted by atomic mass is 15.2. The van der Waals surface area contributed by atoms with Gasteiger partial charge in [-0.1, -0.05) is 20.8 Å². The molecule has 2 unspecified atom stereocenters. The van der Waals surface area contributed by atoms with Crippen LogP contribution >= 0.6 is 0 Å². The monoisotopic (exact) mass is 287 g/mol. The highest BCUT2D eigenvalue weighted by molar-refractivity contribution is 5.49. The molecule has 0 bridgehead atoms. The molecule has 21 heavy (non-hydrogen) atoms. The van der Waals surface area contributed by atoms with E-state index >= 15 is 0 Å². The summed E-state index contributed by atoms with van der Waals surface area (Å²) in [4.78, 5) is 7.03. The van der Waals surface area contributed by atoms with Gasteiger partial charge in [-0.05, 0) is 55.6 Å². The lowest BCUT2D eigenvalue weighted by molar-refractivity contribution is 0.177. The molecule has 3 heteroatoms. The summed E-state index contributed by atoms with van der Waals surface area (Å²) in [6.07, 6.45) is 8.51. The first-order valence-electron chi connectivity index (χ1n) is 8.51. The fraction of sp³-hybridized carbons (Fsp3) is 0.722. The van der Waals surface area contributed by atoms with Gasteiger partial charge in [0, 0.05) is 19.1 Å². The van der Waals surface area contributed by atoms with E-state index in [0.717, 1.165) is 24.8 Å². The third-order valence-electron chi connectivity index (χ3n) is 5.22. The number of rotatable bonds is 3. The van der Waals surface area contributed by atoms with Crippen LogP contribution in [0.2, 0.25) is 0 Å². The lowest BCUT2D eigenvalue weighted by atomic mass is 9.70. The fourth-order valence-electron chi connectivity index (χ4n) is 3.98. The maximum absolute atomic E-state index is 4.64. The molecule has 2 heterocycles. The van der Waals surface area contributed by atoms with Gasteiger partial charge in [-0.15, -0.1) is 0 Å². The first kappa shape index (κ1) is 14.7. The summed E-state index contributed by atoms with van der Waals surface area (Å²) in [5, 5.41) is 3.71. The number of nitrogens with zero attached hydrogens (tertiary/aromatic N) is 2. The SMILES string of the molecule is CC1CC(C)(C)CCC1Nc1ccc(N2CCCC2)nc1. The van der Waals surface area contributed by atoms with Gasteiger partial charge in [0.25, 0.3) is 0 Å². The van der Waals surface area contributed by atoms with Crippen molar-refractivity contribution in [2.24, 2.45) is 11.3 Å². The minimum atomic E-state index is 0.509. The van der Waals surface area contributed by atoms with Crippen LogP contribution in [-0.2, 0) is 0 Å². The molecular weight excluding hydrogens is 258 g/mol. The molecule has 2 atom stereocenters. The lowest BCUT2D eigenvalue weighted by Gasteiger charge is -2.40. The van der Waals surface area contributed by atoms with Gasteiger partial charge in [-0.2, -0.15) is 0 Å². The van der Waals surface area contributed by atoms with Gasteiger partial charge in [-0.3, -0.25) is 0 Å². The van der Waals surface area contributed by atoms with Gasteiger partial charge in [0.05, 0.1) is 11.9 Å². The second-order valence-electron chi connectivity index (χ2n) is 7.73. The number of anilines is 2. The largest absolute Gasteiger partial charge is 0.381 e. The van der Waals surface area contributed by atoms with Crippen molar-refractivity contribution in [2.75, 3.05) is 23.3 Å². The van der Waals surface area contributed by atoms with Crippen molar-refractivity contribution in [3.63, 3.8) is 0 Å². The Hall–Kier alpha value is -1.25. The van der Waals surface area contributed by atoms with Crippen molar-refractivity contribution < 1.29 is 0 Å². The molecule has 3 rings (SSSR count). The van der Waals surface area contributed by atoms with Crippen LogP contribution in [0.25, 0.3) is 0 Å². The molecule has 1 saturated carbocycles. The van der Waals surface area contributed by atoms with Crippen molar-refractivity contribution in [3.05, 3.63) is 18.3 Å². The normalized spacial score (nSPS) is 28.6. The van der Waals surface area contributed by atoms with Gasteiger partial charge in [0.15, 0.2) is 0 Å². The number of nitrogens with one attached hydrogen (secondary N) is 1. The Labute approximate surface area is 129 Å². The van der Waals surface area contributed by atoms with E-state index in [9.17, 15) is 0 Å². The molecular formula is C18H29N3. The van der Waals surface area contributed by atoms with E-state index in [0.29, 0.717) is 11.5 Å². The molecule has 116 valence electrons. The standard InChI is InChI=1S/C18H29N3/c1-14-12-18(2,3)9-8-16(14)20-15-6-7-17(19-13-15)21-10-4-5-11-21/h6-7,13-14,16,20H,4-5,8-12H2,1-3H3.